The minimum atomic E-state index is -0.774. The van der Waals surface area contributed by atoms with E-state index < -0.39 is 5.54 Å². The third-order valence-electron chi connectivity index (χ3n) is 8.56. The smallest absolute Gasteiger partial charge is 0.228 e. The van der Waals surface area contributed by atoms with Crippen LogP contribution in [0.4, 0.5) is 5.82 Å². The maximum Gasteiger partial charge on any atom is 0.228 e. The maximum atomic E-state index is 13.7. The molecule has 0 bridgehead atoms. The highest BCUT2D eigenvalue weighted by atomic mass is 79.9. The number of anilines is 1. The van der Waals surface area contributed by atoms with Crippen LogP contribution in [0.3, 0.4) is 0 Å². The van der Waals surface area contributed by atoms with Crippen molar-refractivity contribution in [2.45, 2.75) is 38.1 Å². The van der Waals surface area contributed by atoms with Crippen molar-refractivity contribution in [3.8, 4) is 0 Å². The van der Waals surface area contributed by atoms with Gasteiger partial charge in [-0.15, -0.1) is 0 Å². The molecular formula is C36H37BrN4O. The van der Waals surface area contributed by atoms with Crippen molar-refractivity contribution >= 4 is 38.6 Å². The zero-order valence-corrected chi connectivity index (χ0v) is 25.6. The topological polar surface area (TPSA) is 50.2 Å². The Bertz CT molecular complexity index is 1530. The first-order valence-electron chi connectivity index (χ1n) is 15.0. The minimum Gasteiger partial charge on any atom is -0.308 e. The number of piperidine rings is 1. The van der Waals surface area contributed by atoms with E-state index in [2.05, 4.69) is 123 Å². The summed E-state index contributed by atoms with van der Waals surface area (Å²) in [7, 11) is 0. The molecule has 1 aliphatic heterocycles. The number of carbonyl (C=O) groups excluding carboxylic acids is 1. The van der Waals surface area contributed by atoms with Crippen LogP contribution in [0.25, 0.3) is 10.9 Å². The summed E-state index contributed by atoms with van der Waals surface area (Å²) in [6.45, 7) is 5.29. The Morgan fingerprint density at radius 3 is 1.93 bits per heavy atom. The van der Waals surface area contributed by atoms with E-state index in [1.807, 2.05) is 24.3 Å². The van der Waals surface area contributed by atoms with Gasteiger partial charge >= 0.3 is 0 Å². The minimum absolute atomic E-state index is 0.0163. The van der Waals surface area contributed by atoms with Crippen LogP contribution in [0.5, 0.6) is 0 Å². The molecule has 0 aliphatic carbocycles. The quantitative estimate of drug-likeness (QED) is 0.169. The monoisotopic (exact) mass is 620 g/mol. The molecule has 1 fully saturated rings. The molecule has 0 unspecified atom stereocenters. The zero-order valence-electron chi connectivity index (χ0n) is 24.0. The Labute approximate surface area is 256 Å². The van der Waals surface area contributed by atoms with Crippen LogP contribution < -0.4 is 5.32 Å². The molecule has 6 rings (SSSR count). The van der Waals surface area contributed by atoms with Gasteiger partial charge < -0.3 is 10.2 Å². The van der Waals surface area contributed by atoms with Gasteiger partial charge in [0.1, 0.15) is 5.54 Å². The maximum absolute atomic E-state index is 13.7. The number of carbonyl (C=O) groups is 1. The second-order valence-electron chi connectivity index (χ2n) is 11.2. The van der Waals surface area contributed by atoms with Gasteiger partial charge in [0.2, 0.25) is 5.91 Å². The molecule has 4 aromatic carbocycles. The number of hydrogen-bond donors (Lipinski definition) is 1. The van der Waals surface area contributed by atoms with E-state index in [9.17, 15) is 4.79 Å². The molecule has 1 aliphatic rings. The molecule has 1 N–H and O–H groups in total. The van der Waals surface area contributed by atoms with Crippen molar-refractivity contribution in [1.29, 1.82) is 0 Å². The van der Waals surface area contributed by atoms with Gasteiger partial charge in [0.25, 0.3) is 0 Å². The summed E-state index contributed by atoms with van der Waals surface area (Å²) in [5.41, 5.74) is 3.44. The van der Waals surface area contributed by atoms with E-state index in [1.165, 1.54) is 12.8 Å². The highest BCUT2D eigenvalue weighted by Gasteiger charge is 2.41. The lowest BCUT2D eigenvalue weighted by Gasteiger charge is -2.37. The van der Waals surface area contributed by atoms with Gasteiger partial charge in [-0.1, -0.05) is 120 Å². The number of hydrogen-bond acceptors (Lipinski definition) is 3. The van der Waals surface area contributed by atoms with E-state index in [4.69, 9.17) is 5.10 Å². The summed E-state index contributed by atoms with van der Waals surface area (Å²) < 4.78 is 3.05. The fraction of sp³-hybridized carbons (Fsp3) is 0.278. The average molecular weight is 622 g/mol. The molecule has 1 aromatic heterocycles. The van der Waals surface area contributed by atoms with E-state index in [-0.39, 0.29) is 11.8 Å². The Hall–Kier alpha value is -3.74. The summed E-state index contributed by atoms with van der Waals surface area (Å²) in [4.78, 5) is 16.2. The zero-order chi connectivity index (χ0) is 28.9. The number of unbranched alkanes of at least 4 members (excludes halogenated alkanes) is 1. The van der Waals surface area contributed by atoms with Gasteiger partial charge in [-0.25, -0.2) is 4.68 Å². The third-order valence-corrected chi connectivity index (χ3v) is 9.06. The molecule has 5 aromatic rings. The highest BCUT2D eigenvalue weighted by molar-refractivity contribution is 9.10. The molecule has 42 heavy (non-hydrogen) atoms. The number of nitrogens with one attached hydrogen (secondary N) is 1. The van der Waals surface area contributed by atoms with Crippen molar-refractivity contribution < 1.29 is 4.79 Å². The molecule has 0 saturated carbocycles. The number of benzene rings is 4. The molecule has 0 spiro atoms. The number of rotatable bonds is 9. The third kappa shape index (κ3) is 5.41. The molecule has 2 heterocycles. The number of likely N-dealkylation sites (tertiary alicyclic amines) is 1. The van der Waals surface area contributed by atoms with Crippen molar-refractivity contribution in [3.05, 3.63) is 130 Å². The normalized spacial score (nSPS) is 14.7. The van der Waals surface area contributed by atoms with Crippen LogP contribution in [-0.2, 0) is 10.3 Å². The van der Waals surface area contributed by atoms with Crippen molar-refractivity contribution in [1.82, 2.24) is 14.7 Å². The summed E-state index contributed by atoms with van der Waals surface area (Å²) in [5.74, 6) is 0.635. The number of aromatic nitrogens is 2. The lowest BCUT2D eigenvalue weighted by Crippen LogP contribution is -2.39. The van der Waals surface area contributed by atoms with E-state index in [0.717, 1.165) is 64.5 Å². The first-order chi connectivity index (χ1) is 20.6. The van der Waals surface area contributed by atoms with Crippen LogP contribution in [-0.4, -0.2) is 40.2 Å². The second-order valence-corrected chi connectivity index (χ2v) is 12.1. The lowest BCUT2D eigenvalue weighted by atomic mass is 9.77. The standard InChI is InChI=1S/C36H37BrN4O/c1-2-3-23-40-24-21-27(22-25-40)35(42)38-34-32-26-31(37)19-20-33(32)41(39-34)36(28-13-7-4-8-14-28,29-15-9-5-10-16-29)30-17-11-6-12-18-30/h4-20,26-27H,2-3,21-25H2,1H3,(H,38,39,42). The number of amides is 1. The molecule has 214 valence electrons. The largest absolute Gasteiger partial charge is 0.308 e. The van der Waals surface area contributed by atoms with Gasteiger partial charge in [-0.2, -0.15) is 5.10 Å². The first-order valence-corrected chi connectivity index (χ1v) is 15.8. The summed E-state index contributed by atoms with van der Waals surface area (Å²) >= 11 is 3.68. The fourth-order valence-electron chi connectivity index (χ4n) is 6.36. The predicted molar refractivity (Wildman–Crippen MR) is 175 cm³/mol. The van der Waals surface area contributed by atoms with E-state index in [0.29, 0.717) is 5.82 Å². The van der Waals surface area contributed by atoms with Crippen LogP contribution in [0.2, 0.25) is 0 Å². The predicted octanol–water partition coefficient (Wildman–Crippen LogP) is 8.09. The molecule has 1 saturated heterocycles. The van der Waals surface area contributed by atoms with Gasteiger partial charge in [0.05, 0.1) is 5.52 Å². The van der Waals surface area contributed by atoms with Gasteiger partial charge in [0.15, 0.2) is 5.82 Å². The van der Waals surface area contributed by atoms with E-state index >= 15 is 0 Å². The van der Waals surface area contributed by atoms with Crippen molar-refractivity contribution in [3.63, 3.8) is 0 Å². The first kappa shape index (κ1) is 28.4. The Balaban J connectivity index is 1.49. The van der Waals surface area contributed by atoms with Crippen molar-refractivity contribution in [2.75, 3.05) is 25.0 Å². The number of fused-ring (bicyclic) bond motifs is 1. The van der Waals surface area contributed by atoms with Gasteiger partial charge in [-0.05, 0) is 73.8 Å². The van der Waals surface area contributed by atoms with Crippen molar-refractivity contribution in [2.24, 2.45) is 5.92 Å². The molecule has 5 nitrogen and oxygen atoms in total. The molecule has 6 heteroatoms. The SMILES string of the molecule is CCCCN1CCC(C(=O)Nc2nn(C(c3ccccc3)(c3ccccc3)c3ccccc3)c3ccc(Br)cc23)CC1. The summed E-state index contributed by atoms with van der Waals surface area (Å²) in [5, 5.41) is 9.46. The van der Waals surface area contributed by atoms with Crippen LogP contribution in [0.1, 0.15) is 49.3 Å². The molecule has 0 atom stereocenters. The van der Waals surface area contributed by atoms with Crippen LogP contribution >= 0.6 is 15.9 Å². The number of nitrogens with zero attached hydrogens (tertiary/aromatic N) is 3. The molecule has 1 amide bonds. The molecular weight excluding hydrogens is 584 g/mol. The van der Waals surface area contributed by atoms with Gasteiger partial charge in [0, 0.05) is 15.8 Å². The van der Waals surface area contributed by atoms with Crippen LogP contribution in [0.15, 0.2) is 114 Å². The Morgan fingerprint density at radius 2 is 1.40 bits per heavy atom. The fourth-order valence-corrected chi connectivity index (χ4v) is 6.72. The average Bonchev–Trinajstić information content (AvgIpc) is 3.39. The Morgan fingerprint density at radius 1 is 0.857 bits per heavy atom. The summed E-state index contributed by atoms with van der Waals surface area (Å²) in [6.07, 6.45) is 4.16. The highest BCUT2D eigenvalue weighted by Crippen LogP contribution is 2.43. The lowest BCUT2D eigenvalue weighted by molar-refractivity contribution is -0.121. The Kier molecular flexibility index (Phi) is 8.54. The van der Waals surface area contributed by atoms with Gasteiger partial charge in [-0.3, -0.25) is 4.79 Å². The van der Waals surface area contributed by atoms with E-state index in [1.54, 1.807) is 0 Å². The van der Waals surface area contributed by atoms with Crippen LogP contribution in [0, 0.1) is 5.92 Å². The molecule has 0 radical (unpaired) electrons. The number of halogens is 1. The summed E-state index contributed by atoms with van der Waals surface area (Å²) in [6, 6.07) is 37.8. The second kappa shape index (κ2) is 12.6.